The van der Waals surface area contributed by atoms with E-state index < -0.39 is 0 Å². The van der Waals surface area contributed by atoms with E-state index in [0.29, 0.717) is 5.56 Å². The second-order valence-electron chi connectivity index (χ2n) is 3.90. The van der Waals surface area contributed by atoms with Crippen LogP contribution in [0.1, 0.15) is 17.4 Å². The number of halogens is 1. The summed E-state index contributed by atoms with van der Waals surface area (Å²) in [6.07, 6.45) is 0. The van der Waals surface area contributed by atoms with E-state index in [2.05, 4.69) is 57.4 Å². The molecule has 2 nitrogen and oxygen atoms in total. The lowest BCUT2D eigenvalue weighted by Gasteiger charge is -2.23. The second-order valence-corrected chi connectivity index (χ2v) is 5.85. The Balaban J connectivity index is 2.27. The minimum absolute atomic E-state index is 0.684. The van der Waals surface area contributed by atoms with Crippen LogP contribution in [0.5, 0.6) is 0 Å². The van der Waals surface area contributed by atoms with Gasteiger partial charge in [0.25, 0.3) is 0 Å². The first kappa shape index (κ1) is 13.1. The Morgan fingerprint density at radius 2 is 2.22 bits per heavy atom. The summed E-state index contributed by atoms with van der Waals surface area (Å²) in [7, 11) is 0. The number of benzene rings is 1. The van der Waals surface area contributed by atoms with Crippen molar-refractivity contribution in [3.63, 3.8) is 0 Å². The Kier molecular flexibility index (Phi) is 4.40. The molecule has 92 valence electrons. The van der Waals surface area contributed by atoms with Crippen molar-refractivity contribution >= 4 is 33.0 Å². The number of anilines is 1. The Morgan fingerprint density at radius 1 is 1.39 bits per heavy atom. The lowest BCUT2D eigenvalue weighted by molar-refractivity contribution is 0.842. The third-order valence-corrected chi connectivity index (χ3v) is 4.00. The molecule has 2 rings (SSSR count). The van der Waals surface area contributed by atoms with Gasteiger partial charge in [-0.3, -0.25) is 0 Å². The number of nitrogens with zero attached hydrogens (tertiary/aromatic N) is 2. The average Bonchev–Trinajstić information content (AvgIpc) is 2.88. The Bertz CT molecular complexity index is 558. The number of hydrogen-bond acceptors (Lipinski definition) is 3. The van der Waals surface area contributed by atoms with Crippen LogP contribution < -0.4 is 4.90 Å². The second kappa shape index (κ2) is 6.03. The SMILES string of the molecule is CCN(Cc1cccs1)c1cc(Br)cc(C#N)c1. The molecule has 0 radical (unpaired) electrons. The van der Waals surface area contributed by atoms with Gasteiger partial charge in [-0.1, -0.05) is 22.0 Å². The van der Waals surface area contributed by atoms with Crippen LogP contribution in [0.2, 0.25) is 0 Å². The van der Waals surface area contributed by atoms with Gasteiger partial charge < -0.3 is 4.90 Å². The van der Waals surface area contributed by atoms with E-state index in [1.54, 1.807) is 11.3 Å². The highest BCUT2D eigenvalue weighted by Crippen LogP contribution is 2.25. The Morgan fingerprint density at radius 3 is 2.83 bits per heavy atom. The fourth-order valence-corrected chi connectivity index (χ4v) is 3.00. The molecule has 1 aromatic heterocycles. The molecule has 2 aromatic rings. The average molecular weight is 321 g/mol. The summed E-state index contributed by atoms with van der Waals surface area (Å²) >= 11 is 5.21. The fraction of sp³-hybridized carbons (Fsp3) is 0.214. The quantitative estimate of drug-likeness (QED) is 0.834. The summed E-state index contributed by atoms with van der Waals surface area (Å²) in [5, 5.41) is 11.1. The lowest BCUT2D eigenvalue weighted by atomic mass is 10.2. The van der Waals surface area contributed by atoms with Gasteiger partial charge in [0.05, 0.1) is 18.2 Å². The van der Waals surface area contributed by atoms with Gasteiger partial charge in [-0.15, -0.1) is 11.3 Å². The molecule has 0 saturated heterocycles. The maximum Gasteiger partial charge on any atom is 0.0992 e. The van der Waals surface area contributed by atoms with Gasteiger partial charge >= 0.3 is 0 Å². The van der Waals surface area contributed by atoms with Crippen LogP contribution in [-0.4, -0.2) is 6.54 Å². The number of thiophene rings is 1. The van der Waals surface area contributed by atoms with Gasteiger partial charge in [0, 0.05) is 21.6 Å². The van der Waals surface area contributed by atoms with Crippen molar-refractivity contribution in [2.24, 2.45) is 0 Å². The molecule has 0 saturated carbocycles. The van der Waals surface area contributed by atoms with Crippen LogP contribution in [0.3, 0.4) is 0 Å². The van der Waals surface area contributed by atoms with Crippen LogP contribution in [0, 0.1) is 11.3 Å². The molecule has 0 atom stereocenters. The van der Waals surface area contributed by atoms with E-state index in [4.69, 9.17) is 5.26 Å². The van der Waals surface area contributed by atoms with E-state index in [1.807, 2.05) is 12.1 Å². The third kappa shape index (κ3) is 3.12. The van der Waals surface area contributed by atoms with Gasteiger partial charge in [0.2, 0.25) is 0 Å². The van der Waals surface area contributed by atoms with Gasteiger partial charge in [-0.2, -0.15) is 5.26 Å². The van der Waals surface area contributed by atoms with Crippen molar-refractivity contribution in [3.8, 4) is 6.07 Å². The zero-order valence-corrected chi connectivity index (χ0v) is 12.5. The molecule has 0 aliphatic carbocycles. The fourth-order valence-electron chi connectivity index (χ4n) is 1.80. The molecule has 1 aromatic carbocycles. The monoisotopic (exact) mass is 320 g/mol. The van der Waals surface area contributed by atoms with Crippen LogP contribution >= 0.6 is 27.3 Å². The minimum atomic E-state index is 0.684. The number of hydrogen-bond donors (Lipinski definition) is 0. The molecular formula is C14H13BrN2S. The van der Waals surface area contributed by atoms with Crippen molar-refractivity contribution in [3.05, 3.63) is 50.6 Å². The molecule has 18 heavy (non-hydrogen) atoms. The largest absolute Gasteiger partial charge is 0.367 e. The smallest absolute Gasteiger partial charge is 0.0992 e. The molecule has 0 aliphatic rings. The third-order valence-electron chi connectivity index (χ3n) is 2.69. The molecule has 0 fully saturated rings. The van der Waals surface area contributed by atoms with E-state index in [0.717, 1.165) is 23.2 Å². The summed E-state index contributed by atoms with van der Waals surface area (Å²) in [5.74, 6) is 0. The summed E-state index contributed by atoms with van der Waals surface area (Å²) < 4.78 is 0.946. The van der Waals surface area contributed by atoms with Crippen LogP contribution in [0.25, 0.3) is 0 Å². The van der Waals surface area contributed by atoms with Crippen molar-refractivity contribution in [1.82, 2.24) is 0 Å². The summed E-state index contributed by atoms with van der Waals surface area (Å²) in [6.45, 7) is 3.93. The Hall–Kier alpha value is -1.31. The van der Waals surface area contributed by atoms with Crippen LogP contribution in [-0.2, 0) is 6.54 Å². The van der Waals surface area contributed by atoms with E-state index >= 15 is 0 Å². The zero-order chi connectivity index (χ0) is 13.0. The van der Waals surface area contributed by atoms with E-state index in [-0.39, 0.29) is 0 Å². The molecule has 1 heterocycles. The van der Waals surface area contributed by atoms with Gasteiger partial charge in [0.1, 0.15) is 0 Å². The molecule has 0 spiro atoms. The molecule has 0 unspecified atom stereocenters. The topological polar surface area (TPSA) is 27.0 Å². The first-order chi connectivity index (χ1) is 8.72. The first-order valence-corrected chi connectivity index (χ1v) is 7.38. The molecule has 0 aliphatic heterocycles. The molecule has 0 N–H and O–H groups in total. The first-order valence-electron chi connectivity index (χ1n) is 5.71. The van der Waals surface area contributed by atoms with Crippen molar-refractivity contribution in [2.45, 2.75) is 13.5 Å². The highest BCUT2D eigenvalue weighted by atomic mass is 79.9. The minimum Gasteiger partial charge on any atom is -0.367 e. The van der Waals surface area contributed by atoms with E-state index in [9.17, 15) is 0 Å². The lowest BCUT2D eigenvalue weighted by Crippen LogP contribution is -2.21. The molecule has 0 bridgehead atoms. The number of nitriles is 1. The zero-order valence-electron chi connectivity index (χ0n) is 10.1. The predicted octanol–water partition coefficient (Wildman–Crippen LogP) is 4.41. The number of rotatable bonds is 4. The predicted molar refractivity (Wildman–Crippen MR) is 79.9 cm³/mol. The maximum absolute atomic E-state index is 9.01. The van der Waals surface area contributed by atoms with Crippen molar-refractivity contribution in [1.29, 1.82) is 5.26 Å². The molecule has 0 amide bonds. The highest BCUT2D eigenvalue weighted by Gasteiger charge is 2.08. The van der Waals surface area contributed by atoms with Gasteiger partial charge in [-0.05, 0) is 36.6 Å². The Labute approximate surface area is 120 Å². The van der Waals surface area contributed by atoms with Crippen LogP contribution in [0.15, 0.2) is 40.2 Å². The van der Waals surface area contributed by atoms with Crippen LogP contribution in [0.4, 0.5) is 5.69 Å². The normalized spacial score (nSPS) is 10.1. The maximum atomic E-state index is 9.01. The molecular weight excluding hydrogens is 308 g/mol. The summed E-state index contributed by atoms with van der Waals surface area (Å²) in [4.78, 5) is 3.59. The van der Waals surface area contributed by atoms with Gasteiger partial charge in [0.15, 0.2) is 0 Å². The standard InChI is InChI=1S/C14H13BrN2S/c1-2-17(10-14-4-3-5-18-14)13-7-11(9-16)6-12(15)8-13/h3-8H,2,10H2,1H3. The highest BCUT2D eigenvalue weighted by molar-refractivity contribution is 9.10. The summed E-state index contributed by atoms with van der Waals surface area (Å²) in [5.41, 5.74) is 1.76. The van der Waals surface area contributed by atoms with E-state index in [1.165, 1.54) is 4.88 Å². The van der Waals surface area contributed by atoms with Crippen molar-refractivity contribution in [2.75, 3.05) is 11.4 Å². The molecule has 4 heteroatoms. The van der Waals surface area contributed by atoms with Crippen molar-refractivity contribution < 1.29 is 0 Å². The van der Waals surface area contributed by atoms with Gasteiger partial charge in [-0.25, -0.2) is 0 Å². The summed E-state index contributed by atoms with van der Waals surface area (Å²) in [6, 6.07) is 12.2.